The molecule has 3 heterocycles. The Labute approximate surface area is 178 Å². The SMILES string of the molecule is CC(=O)c1ccc(OCC(=O)N2CCN(Cc3nc(-c4cccs4)no3)CC2)cc1. The number of hydrogen-bond donors (Lipinski definition) is 0. The van der Waals surface area contributed by atoms with Crippen LogP contribution in [0.4, 0.5) is 0 Å². The van der Waals surface area contributed by atoms with Crippen LogP contribution in [0.3, 0.4) is 0 Å². The van der Waals surface area contributed by atoms with E-state index in [1.54, 1.807) is 40.5 Å². The van der Waals surface area contributed by atoms with E-state index < -0.39 is 0 Å². The molecular weight excluding hydrogens is 404 g/mol. The van der Waals surface area contributed by atoms with Crippen LogP contribution < -0.4 is 4.74 Å². The molecule has 3 aromatic rings. The average Bonchev–Trinajstić information content (AvgIpc) is 3.45. The summed E-state index contributed by atoms with van der Waals surface area (Å²) >= 11 is 1.57. The molecule has 1 aliphatic rings. The van der Waals surface area contributed by atoms with Crippen LogP contribution in [0.2, 0.25) is 0 Å². The zero-order chi connectivity index (χ0) is 20.9. The molecule has 1 aromatic carbocycles. The van der Waals surface area contributed by atoms with Crippen molar-refractivity contribution in [3.05, 3.63) is 53.2 Å². The van der Waals surface area contributed by atoms with E-state index in [1.807, 2.05) is 17.5 Å². The van der Waals surface area contributed by atoms with Crippen molar-refractivity contribution in [2.75, 3.05) is 32.8 Å². The molecule has 0 saturated carbocycles. The van der Waals surface area contributed by atoms with Crippen molar-refractivity contribution in [1.29, 1.82) is 0 Å². The van der Waals surface area contributed by atoms with E-state index in [0.29, 0.717) is 42.7 Å². The summed E-state index contributed by atoms with van der Waals surface area (Å²) in [4.78, 5) is 33.2. The van der Waals surface area contributed by atoms with Gasteiger partial charge in [-0.25, -0.2) is 0 Å². The van der Waals surface area contributed by atoms with E-state index in [2.05, 4.69) is 15.0 Å². The standard InChI is InChI=1S/C21H22N4O4S/c1-15(26)16-4-6-17(7-5-16)28-14-20(27)25-10-8-24(9-11-25)13-19-22-21(23-29-19)18-3-2-12-30-18/h2-7,12H,8-11,13-14H2,1H3. The Bertz CT molecular complexity index is 992. The molecule has 156 valence electrons. The molecule has 30 heavy (non-hydrogen) atoms. The molecule has 0 unspecified atom stereocenters. The molecule has 0 atom stereocenters. The van der Waals surface area contributed by atoms with Gasteiger partial charge < -0.3 is 14.2 Å². The minimum absolute atomic E-state index is 0.00114. The Hall–Kier alpha value is -3.04. The van der Waals surface area contributed by atoms with Crippen molar-refractivity contribution in [2.24, 2.45) is 0 Å². The summed E-state index contributed by atoms with van der Waals surface area (Å²) in [5, 5.41) is 6.01. The Balaban J connectivity index is 1.22. The second-order valence-electron chi connectivity index (χ2n) is 7.02. The molecule has 0 radical (unpaired) electrons. The van der Waals surface area contributed by atoms with Crippen LogP contribution in [0.15, 0.2) is 46.3 Å². The number of carbonyl (C=O) groups excluding carboxylic acids is 2. The first-order valence-electron chi connectivity index (χ1n) is 9.69. The van der Waals surface area contributed by atoms with Gasteiger partial charge in [0.2, 0.25) is 11.7 Å². The minimum Gasteiger partial charge on any atom is -0.484 e. The van der Waals surface area contributed by atoms with Crippen LogP contribution in [0, 0.1) is 0 Å². The van der Waals surface area contributed by atoms with Crippen LogP contribution in [0.25, 0.3) is 10.7 Å². The highest BCUT2D eigenvalue weighted by Gasteiger charge is 2.23. The lowest BCUT2D eigenvalue weighted by atomic mass is 10.1. The molecule has 9 heteroatoms. The first-order chi connectivity index (χ1) is 14.6. The van der Waals surface area contributed by atoms with E-state index in [0.717, 1.165) is 18.0 Å². The number of thiophene rings is 1. The fourth-order valence-corrected chi connectivity index (χ4v) is 3.84. The first kappa shape index (κ1) is 20.2. The quantitative estimate of drug-likeness (QED) is 0.537. The molecule has 1 amide bonds. The average molecular weight is 426 g/mol. The lowest BCUT2D eigenvalue weighted by Gasteiger charge is -2.33. The fourth-order valence-electron chi connectivity index (χ4n) is 3.19. The summed E-state index contributed by atoms with van der Waals surface area (Å²) in [6.07, 6.45) is 0. The van der Waals surface area contributed by atoms with Crippen molar-refractivity contribution in [3.8, 4) is 16.5 Å². The van der Waals surface area contributed by atoms with Gasteiger partial charge in [0.15, 0.2) is 12.4 Å². The zero-order valence-corrected chi connectivity index (χ0v) is 17.4. The summed E-state index contributed by atoms with van der Waals surface area (Å²) in [5.41, 5.74) is 0.619. The lowest BCUT2D eigenvalue weighted by Crippen LogP contribution is -2.49. The van der Waals surface area contributed by atoms with Gasteiger partial charge >= 0.3 is 0 Å². The summed E-state index contributed by atoms with van der Waals surface area (Å²) in [6, 6.07) is 10.7. The number of piperazine rings is 1. The number of ether oxygens (including phenoxy) is 1. The molecule has 1 aliphatic heterocycles. The molecule has 8 nitrogen and oxygen atoms in total. The molecule has 0 spiro atoms. The maximum atomic E-state index is 12.4. The maximum absolute atomic E-state index is 12.4. The lowest BCUT2D eigenvalue weighted by molar-refractivity contribution is -0.135. The zero-order valence-electron chi connectivity index (χ0n) is 16.6. The monoisotopic (exact) mass is 426 g/mol. The topological polar surface area (TPSA) is 88.8 Å². The number of benzene rings is 1. The summed E-state index contributed by atoms with van der Waals surface area (Å²) < 4.78 is 10.9. The normalized spacial score (nSPS) is 14.6. The number of nitrogens with zero attached hydrogens (tertiary/aromatic N) is 4. The summed E-state index contributed by atoms with van der Waals surface area (Å²) in [6.45, 7) is 4.77. The third-order valence-corrected chi connectivity index (χ3v) is 5.78. The van der Waals surface area contributed by atoms with Crippen LogP contribution in [-0.2, 0) is 11.3 Å². The van der Waals surface area contributed by atoms with Crippen LogP contribution >= 0.6 is 11.3 Å². The number of rotatable bonds is 7. The molecule has 1 saturated heterocycles. The van der Waals surface area contributed by atoms with Crippen molar-refractivity contribution in [1.82, 2.24) is 19.9 Å². The molecule has 0 N–H and O–H groups in total. The maximum Gasteiger partial charge on any atom is 0.260 e. The van der Waals surface area contributed by atoms with Gasteiger partial charge in [-0.3, -0.25) is 14.5 Å². The van der Waals surface area contributed by atoms with E-state index >= 15 is 0 Å². The van der Waals surface area contributed by atoms with E-state index in [-0.39, 0.29) is 18.3 Å². The van der Waals surface area contributed by atoms with Crippen molar-refractivity contribution in [2.45, 2.75) is 13.5 Å². The Morgan fingerprint density at radius 3 is 2.57 bits per heavy atom. The van der Waals surface area contributed by atoms with E-state index in [1.165, 1.54) is 6.92 Å². The van der Waals surface area contributed by atoms with Gasteiger partial charge in [0.1, 0.15) is 5.75 Å². The molecule has 1 fully saturated rings. The van der Waals surface area contributed by atoms with Gasteiger partial charge in [0.05, 0.1) is 11.4 Å². The third kappa shape index (κ3) is 4.92. The molecule has 2 aromatic heterocycles. The number of aromatic nitrogens is 2. The molecule has 0 aliphatic carbocycles. The molecule has 0 bridgehead atoms. The predicted octanol–water partition coefficient (Wildman–Crippen LogP) is 2.72. The second kappa shape index (κ2) is 9.19. The highest BCUT2D eigenvalue weighted by atomic mass is 32.1. The van der Waals surface area contributed by atoms with Crippen LogP contribution in [0.5, 0.6) is 5.75 Å². The molecule has 4 rings (SSSR count). The number of Topliss-reactive ketones (excluding diaryl/α,β-unsaturated/α-hetero) is 1. The highest BCUT2D eigenvalue weighted by molar-refractivity contribution is 7.13. The second-order valence-corrected chi connectivity index (χ2v) is 7.96. The minimum atomic E-state index is -0.0527. The summed E-state index contributed by atoms with van der Waals surface area (Å²) in [5.74, 6) is 1.71. The van der Waals surface area contributed by atoms with Gasteiger partial charge in [-0.15, -0.1) is 11.3 Å². The highest BCUT2D eigenvalue weighted by Crippen LogP contribution is 2.21. The number of hydrogen-bond acceptors (Lipinski definition) is 8. The van der Waals surface area contributed by atoms with Gasteiger partial charge in [-0.2, -0.15) is 4.98 Å². The van der Waals surface area contributed by atoms with Crippen molar-refractivity contribution < 1.29 is 18.8 Å². The van der Waals surface area contributed by atoms with Gasteiger partial charge in [-0.05, 0) is 42.6 Å². The first-order valence-corrected chi connectivity index (χ1v) is 10.6. The summed E-state index contributed by atoms with van der Waals surface area (Å²) in [7, 11) is 0. The fraction of sp³-hybridized carbons (Fsp3) is 0.333. The Morgan fingerprint density at radius 2 is 1.90 bits per heavy atom. The van der Waals surface area contributed by atoms with E-state index in [4.69, 9.17) is 9.26 Å². The van der Waals surface area contributed by atoms with Crippen molar-refractivity contribution in [3.63, 3.8) is 0 Å². The molecular formula is C21H22N4O4S. The van der Waals surface area contributed by atoms with Gasteiger partial charge in [0.25, 0.3) is 5.91 Å². The third-order valence-electron chi connectivity index (χ3n) is 4.92. The largest absolute Gasteiger partial charge is 0.484 e. The Kier molecular flexibility index (Phi) is 6.20. The van der Waals surface area contributed by atoms with Gasteiger partial charge in [-0.1, -0.05) is 11.2 Å². The van der Waals surface area contributed by atoms with Crippen LogP contribution in [-0.4, -0.2) is 64.4 Å². The van der Waals surface area contributed by atoms with E-state index in [9.17, 15) is 9.59 Å². The van der Waals surface area contributed by atoms with Gasteiger partial charge in [0, 0.05) is 31.7 Å². The smallest absolute Gasteiger partial charge is 0.260 e. The predicted molar refractivity (Wildman–Crippen MR) is 111 cm³/mol. The van der Waals surface area contributed by atoms with Crippen LogP contribution in [0.1, 0.15) is 23.2 Å². The number of ketones is 1. The number of carbonyl (C=O) groups is 2. The van der Waals surface area contributed by atoms with Crippen molar-refractivity contribution >= 4 is 23.0 Å². The number of amides is 1. The Morgan fingerprint density at radius 1 is 1.13 bits per heavy atom.